The van der Waals surface area contributed by atoms with E-state index in [0.717, 1.165) is 40.2 Å². The number of nitrogens with two attached hydrogens (primary N) is 1. The van der Waals surface area contributed by atoms with E-state index in [1.54, 1.807) is 0 Å². The number of fused-ring (bicyclic) bond motifs is 1. The molecule has 0 atom stereocenters. The minimum atomic E-state index is 0.704. The van der Waals surface area contributed by atoms with E-state index in [-0.39, 0.29) is 0 Å². The molecule has 3 rings (SSSR count). The van der Waals surface area contributed by atoms with Crippen LogP contribution in [0, 0.1) is 0 Å². The van der Waals surface area contributed by atoms with Crippen LogP contribution in [-0.2, 0) is 13.0 Å². The highest BCUT2D eigenvalue weighted by Crippen LogP contribution is 2.33. The van der Waals surface area contributed by atoms with Gasteiger partial charge in [-0.3, -0.25) is 0 Å². The van der Waals surface area contributed by atoms with Crippen molar-refractivity contribution in [3.63, 3.8) is 0 Å². The Labute approximate surface area is 120 Å². The number of nitrogens with one attached hydrogen (secondary N) is 1. The SMILES string of the molecule is Nc1ccccc1NCc1cc(Br)cc2c1OCC2. The van der Waals surface area contributed by atoms with Gasteiger partial charge in [-0.25, -0.2) is 0 Å². The van der Waals surface area contributed by atoms with E-state index in [0.29, 0.717) is 6.54 Å². The van der Waals surface area contributed by atoms with Gasteiger partial charge in [0.1, 0.15) is 5.75 Å². The van der Waals surface area contributed by atoms with Crippen molar-refractivity contribution >= 4 is 27.3 Å². The quantitative estimate of drug-likeness (QED) is 0.850. The fourth-order valence-electron chi connectivity index (χ4n) is 2.33. The zero-order valence-corrected chi connectivity index (χ0v) is 12.0. The first-order valence-corrected chi connectivity index (χ1v) is 7.06. The number of para-hydroxylation sites is 2. The van der Waals surface area contributed by atoms with Crippen LogP contribution in [0.1, 0.15) is 11.1 Å². The Morgan fingerprint density at radius 3 is 2.95 bits per heavy atom. The van der Waals surface area contributed by atoms with Crippen LogP contribution in [0.4, 0.5) is 11.4 Å². The molecule has 0 saturated carbocycles. The van der Waals surface area contributed by atoms with Gasteiger partial charge in [0.15, 0.2) is 0 Å². The highest BCUT2D eigenvalue weighted by molar-refractivity contribution is 9.10. The van der Waals surface area contributed by atoms with Crippen molar-refractivity contribution in [3.05, 3.63) is 52.0 Å². The first-order chi connectivity index (χ1) is 9.24. The molecule has 0 fully saturated rings. The van der Waals surface area contributed by atoms with Gasteiger partial charge in [0.25, 0.3) is 0 Å². The van der Waals surface area contributed by atoms with Gasteiger partial charge in [0.2, 0.25) is 0 Å². The lowest BCUT2D eigenvalue weighted by atomic mass is 10.1. The van der Waals surface area contributed by atoms with E-state index >= 15 is 0 Å². The lowest BCUT2D eigenvalue weighted by Crippen LogP contribution is -2.03. The van der Waals surface area contributed by atoms with Crippen LogP contribution in [0.25, 0.3) is 0 Å². The molecule has 3 nitrogen and oxygen atoms in total. The smallest absolute Gasteiger partial charge is 0.127 e. The Kier molecular flexibility index (Phi) is 3.34. The minimum absolute atomic E-state index is 0.704. The Balaban J connectivity index is 1.83. The second-order valence-electron chi connectivity index (χ2n) is 4.59. The second-order valence-corrected chi connectivity index (χ2v) is 5.51. The molecule has 0 radical (unpaired) electrons. The summed E-state index contributed by atoms with van der Waals surface area (Å²) in [7, 11) is 0. The third-order valence-electron chi connectivity index (χ3n) is 3.26. The fraction of sp³-hybridized carbons (Fsp3) is 0.200. The molecule has 19 heavy (non-hydrogen) atoms. The Hall–Kier alpha value is -1.68. The Morgan fingerprint density at radius 1 is 1.26 bits per heavy atom. The largest absolute Gasteiger partial charge is 0.493 e. The molecule has 3 N–H and O–H groups in total. The van der Waals surface area contributed by atoms with Gasteiger partial charge in [-0.2, -0.15) is 0 Å². The van der Waals surface area contributed by atoms with Crippen molar-refractivity contribution in [2.75, 3.05) is 17.7 Å². The predicted octanol–water partition coefficient (Wildman–Crippen LogP) is 3.58. The number of hydrogen-bond donors (Lipinski definition) is 2. The van der Waals surface area contributed by atoms with Crippen molar-refractivity contribution in [1.82, 2.24) is 0 Å². The molecule has 1 heterocycles. The summed E-state index contributed by atoms with van der Waals surface area (Å²) in [5.74, 6) is 1.02. The normalized spacial score (nSPS) is 12.9. The first-order valence-electron chi connectivity index (χ1n) is 6.26. The number of hydrogen-bond acceptors (Lipinski definition) is 3. The summed E-state index contributed by atoms with van der Waals surface area (Å²) in [5, 5.41) is 3.36. The molecule has 4 heteroatoms. The molecule has 0 aromatic heterocycles. The van der Waals surface area contributed by atoms with Gasteiger partial charge in [0, 0.05) is 23.0 Å². The van der Waals surface area contributed by atoms with Crippen molar-refractivity contribution < 1.29 is 4.74 Å². The molecule has 0 unspecified atom stereocenters. The van der Waals surface area contributed by atoms with Crippen LogP contribution >= 0.6 is 15.9 Å². The first kappa shape index (κ1) is 12.4. The molecule has 2 aromatic rings. The van der Waals surface area contributed by atoms with Gasteiger partial charge >= 0.3 is 0 Å². The molecule has 1 aliphatic rings. The van der Waals surface area contributed by atoms with E-state index in [1.165, 1.54) is 5.56 Å². The number of rotatable bonds is 3. The maximum atomic E-state index is 5.92. The summed E-state index contributed by atoms with van der Waals surface area (Å²) in [6.07, 6.45) is 0.981. The molecule has 0 amide bonds. The summed E-state index contributed by atoms with van der Waals surface area (Å²) in [6, 6.07) is 12.0. The molecule has 1 aliphatic heterocycles. The van der Waals surface area contributed by atoms with Gasteiger partial charge in [-0.1, -0.05) is 28.1 Å². The molecular weight excluding hydrogens is 304 g/mol. The lowest BCUT2D eigenvalue weighted by molar-refractivity contribution is 0.354. The zero-order chi connectivity index (χ0) is 13.2. The summed E-state index contributed by atoms with van der Waals surface area (Å²) in [4.78, 5) is 0. The number of ether oxygens (including phenoxy) is 1. The second kappa shape index (κ2) is 5.13. The van der Waals surface area contributed by atoms with Gasteiger partial charge in [-0.05, 0) is 29.8 Å². The monoisotopic (exact) mass is 318 g/mol. The third kappa shape index (κ3) is 2.54. The van der Waals surface area contributed by atoms with Crippen LogP contribution in [0.5, 0.6) is 5.75 Å². The molecule has 0 saturated heterocycles. The van der Waals surface area contributed by atoms with Crippen LogP contribution in [-0.4, -0.2) is 6.61 Å². The topological polar surface area (TPSA) is 47.3 Å². The standard InChI is InChI=1S/C15H15BrN2O/c16-12-7-10-5-6-19-15(10)11(8-12)9-18-14-4-2-1-3-13(14)17/h1-4,7-8,18H,5-6,9,17H2. The number of anilines is 2. The maximum Gasteiger partial charge on any atom is 0.127 e. The van der Waals surface area contributed by atoms with Crippen molar-refractivity contribution in [2.45, 2.75) is 13.0 Å². The lowest BCUT2D eigenvalue weighted by Gasteiger charge is -2.12. The minimum Gasteiger partial charge on any atom is -0.493 e. The van der Waals surface area contributed by atoms with Crippen LogP contribution in [0.3, 0.4) is 0 Å². The number of halogens is 1. The van der Waals surface area contributed by atoms with Crippen LogP contribution in [0.15, 0.2) is 40.9 Å². The van der Waals surface area contributed by atoms with Crippen molar-refractivity contribution in [1.29, 1.82) is 0 Å². The van der Waals surface area contributed by atoms with Gasteiger partial charge in [-0.15, -0.1) is 0 Å². The molecule has 0 aliphatic carbocycles. The fourth-order valence-corrected chi connectivity index (χ4v) is 2.88. The van der Waals surface area contributed by atoms with Gasteiger partial charge < -0.3 is 15.8 Å². The number of benzene rings is 2. The average molecular weight is 319 g/mol. The van der Waals surface area contributed by atoms with Crippen molar-refractivity contribution in [2.24, 2.45) is 0 Å². The zero-order valence-electron chi connectivity index (χ0n) is 10.4. The molecule has 98 valence electrons. The molecule has 0 spiro atoms. The molecule has 0 bridgehead atoms. The highest BCUT2D eigenvalue weighted by atomic mass is 79.9. The van der Waals surface area contributed by atoms with E-state index in [2.05, 4.69) is 33.4 Å². The van der Waals surface area contributed by atoms with E-state index < -0.39 is 0 Å². The van der Waals surface area contributed by atoms with E-state index in [9.17, 15) is 0 Å². The van der Waals surface area contributed by atoms with Crippen molar-refractivity contribution in [3.8, 4) is 5.75 Å². The summed E-state index contributed by atoms with van der Waals surface area (Å²) >= 11 is 3.55. The maximum absolute atomic E-state index is 5.92. The van der Waals surface area contributed by atoms with Crippen LogP contribution < -0.4 is 15.8 Å². The molecular formula is C15H15BrN2O. The summed E-state index contributed by atoms with van der Waals surface area (Å²) in [5.41, 5.74) is 10.1. The summed E-state index contributed by atoms with van der Waals surface area (Å²) < 4.78 is 6.80. The average Bonchev–Trinajstić information content (AvgIpc) is 2.85. The van der Waals surface area contributed by atoms with E-state index in [4.69, 9.17) is 10.5 Å². The number of nitrogen functional groups attached to an aromatic ring is 1. The third-order valence-corrected chi connectivity index (χ3v) is 3.71. The van der Waals surface area contributed by atoms with Gasteiger partial charge in [0.05, 0.1) is 18.0 Å². The Morgan fingerprint density at radius 2 is 2.11 bits per heavy atom. The predicted molar refractivity (Wildman–Crippen MR) is 81.5 cm³/mol. The highest BCUT2D eigenvalue weighted by Gasteiger charge is 2.17. The Bertz CT molecular complexity index is 613. The van der Waals surface area contributed by atoms with E-state index in [1.807, 2.05) is 24.3 Å². The molecule has 2 aromatic carbocycles. The van der Waals surface area contributed by atoms with Crippen LogP contribution in [0.2, 0.25) is 0 Å². The summed E-state index contributed by atoms with van der Waals surface area (Å²) in [6.45, 7) is 1.47.